The monoisotopic (exact) mass is 431 g/mol. The topological polar surface area (TPSA) is 103 Å². The number of rotatable bonds is 7. The Bertz CT molecular complexity index is 931. The Hall–Kier alpha value is -2.82. The van der Waals surface area contributed by atoms with Crippen molar-refractivity contribution in [2.75, 3.05) is 12.3 Å². The minimum absolute atomic E-state index is 0.0658. The first kappa shape index (κ1) is 22.4. The van der Waals surface area contributed by atoms with Gasteiger partial charge in [0.15, 0.2) is 0 Å². The lowest BCUT2D eigenvalue weighted by molar-refractivity contribution is -0.0130. The van der Waals surface area contributed by atoms with Gasteiger partial charge >= 0.3 is 0 Å². The molecule has 5 nitrogen and oxygen atoms in total. The third-order valence-corrected chi connectivity index (χ3v) is 7.47. The number of nitrogen functional groups attached to an aromatic ring is 1. The zero-order chi connectivity index (χ0) is 22.6. The van der Waals surface area contributed by atoms with E-state index in [0.29, 0.717) is 18.1 Å². The van der Waals surface area contributed by atoms with E-state index in [0.717, 1.165) is 41.1 Å². The highest BCUT2D eigenvalue weighted by Crippen LogP contribution is 2.60. The number of anilines is 1. The van der Waals surface area contributed by atoms with Crippen LogP contribution >= 0.6 is 0 Å². The first-order valence-corrected chi connectivity index (χ1v) is 12.0. The van der Waals surface area contributed by atoms with Gasteiger partial charge in [-0.3, -0.25) is 4.99 Å². The van der Waals surface area contributed by atoms with Crippen LogP contribution in [0.25, 0.3) is 0 Å². The number of para-hydroxylation sites is 1. The number of amidine groups is 2. The molecule has 0 saturated heterocycles. The number of nitrogens with two attached hydrogens (primary N) is 3. The van der Waals surface area contributed by atoms with Crippen molar-refractivity contribution < 1.29 is 0 Å². The molecule has 0 aliphatic heterocycles. The molecule has 4 fully saturated rings. The number of nitrogens with zero attached hydrogens (tertiary/aromatic N) is 2. The van der Waals surface area contributed by atoms with Crippen LogP contribution < -0.4 is 17.2 Å². The summed E-state index contributed by atoms with van der Waals surface area (Å²) >= 11 is 0. The molecule has 0 spiro atoms. The second-order valence-corrected chi connectivity index (χ2v) is 9.86. The van der Waals surface area contributed by atoms with Crippen LogP contribution in [-0.4, -0.2) is 18.2 Å². The summed E-state index contributed by atoms with van der Waals surface area (Å²) in [6, 6.07) is 7.68. The third kappa shape index (κ3) is 4.82. The summed E-state index contributed by atoms with van der Waals surface area (Å²) in [5.74, 6) is 3.85. The summed E-state index contributed by atoms with van der Waals surface area (Å²) in [6.07, 6.45) is 18.2. The lowest BCUT2D eigenvalue weighted by atomic mass is 9.49. The van der Waals surface area contributed by atoms with Crippen molar-refractivity contribution in [3.05, 3.63) is 65.9 Å². The lowest BCUT2D eigenvalue weighted by Crippen LogP contribution is -2.50. The quantitative estimate of drug-likeness (QED) is 0.246. The number of aliphatic imine (C=N–C) groups is 2. The molecular formula is C27H37N5. The highest BCUT2D eigenvalue weighted by atomic mass is 15.0. The summed E-state index contributed by atoms with van der Waals surface area (Å²) in [5.41, 5.74) is 21.1. The third-order valence-electron chi connectivity index (χ3n) is 7.47. The van der Waals surface area contributed by atoms with Crippen LogP contribution in [0.4, 0.5) is 5.69 Å². The molecule has 6 N–H and O–H groups in total. The van der Waals surface area contributed by atoms with E-state index in [-0.39, 0.29) is 5.41 Å². The lowest BCUT2D eigenvalue weighted by Gasteiger charge is -2.56. The largest absolute Gasteiger partial charge is 0.404 e. The van der Waals surface area contributed by atoms with Crippen molar-refractivity contribution in [1.82, 2.24) is 0 Å². The van der Waals surface area contributed by atoms with Gasteiger partial charge in [-0.25, -0.2) is 4.99 Å². The Morgan fingerprint density at radius 1 is 1.06 bits per heavy atom. The fourth-order valence-corrected chi connectivity index (χ4v) is 6.41. The molecular weight excluding hydrogens is 394 g/mol. The smallest absolute Gasteiger partial charge is 0.134 e. The molecule has 170 valence electrons. The van der Waals surface area contributed by atoms with E-state index < -0.39 is 0 Å². The first-order valence-electron chi connectivity index (χ1n) is 12.0. The maximum atomic E-state index is 6.49. The van der Waals surface area contributed by atoms with Gasteiger partial charge in [-0.1, -0.05) is 36.4 Å². The predicted octanol–water partition coefficient (Wildman–Crippen LogP) is 4.95. The van der Waals surface area contributed by atoms with E-state index in [2.05, 4.69) is 0 Å². The Labute approximate surface area is 192 Å². The van der Waals surface area contributed by atoms with Gasteiger partial charge in [-0.2, -0.15) is 0 Å². The summed E-state index contributed by atoms with van der Waals surface area (Å²) in [4.78, 5) is 10.1. The first-order chi connectivity index (χ1) is 15.5. The molecule has 4 bridgehead atoms. The maximum Gasteiger partial charge on any atom is 0.134 e. The Morgan fingerprint density at radius 3 is 2.31 bits per heavy atom. The van der Waals surface area contributed by atoms with Crippen LogP contribution in [0.2, 0.25) is 0 Å². The average molecular weight is 432 g/mol. The van der Waals surface area contributed by atoms with Gasteiger partial charge in [-0.05, 0) is 93.5 Å². The second-order valence-electron chi connectivity index (χ2n) is 9.86. The van der Waals surface area contributed by atoms with E-state index in [1.807, 2.05) is 55.5 Å². The number of hydrogen-bond donors (Lipinski definition) is 3. The molecule has 0 radical (unpaired) electrons. The number of hydrogen-bond acceptors (Lipinski definition) is 3. The summed E-state index contributed by atoms with van der Waals surface area (Å²) in [5, 5.41) is 0. The summed E-state index contributed by atoms with van der Waals surface area (Å²) in [6.45, 7) is 2.65. The van der Waals surface area contributed by atoms with Crippen molar-refractivity contribution in [2.45, 2.75) is 51.9 Å². The zero-order valence-electron chi connectivity index (χ0n) is 19.2. The van der Waals surface area contributed by atoms with Crippen molar-refractivity contribution in [3.8, 4) is 0 Å². The Kier molecular flexibility index (Phi) is 6.83. The number of benzene rings is 1. The normalized spacial score (nSPS) is 30.7. The van der Waals surface area contributed by atoms with Crippen molar-refractivity contribution in [2.24, 2.45) is 44.6 Å². The van der Waals surface area contributed by atoms with E-state index in [9.17, 15) is 0 Å². The average Bonchev–Trinajstić information content (AvgIpc) is 2.76. The molecule has 5 rings (SSSR count). The van der Waals surface area contributed by atoms with Crippen LogP contribution in [0.1, 0.15) is 57.4 Å². The molecule has 0 heterocycles. The molecule has 1 aromatic carbocycles. The highest BCUT2D eigenvalue weighted by Gasteiger charge is 2.53. The van der Waals surface area contributed by atoms with Gasteiger partial charge in [-0.15, -0.1) is 0 Å². The summed E-state index contributed by atoms with van der Waals surface area (Å²) < 4.78 is 0. The highest BCUT2D eigenvalue weighted by molar-refractivity contribution is 6.09. The predicted molar refractivity (Wildman–Crippen MR) is 135 cm³/mol. The van der Waals surface area contributed by atoms with Gasteiger partial charge < -0.3 is 17.2 Å². The molecule has 0 aromatic heterocycles. The molecule has 32 heavy (non-hydrogen) atoms. The molecule has 0 atom stereocenters. The van der Waals surface area contributed by atoms with E-state index in [4.69, 9.17) is 27.2 Å². The molecule has 5 heteroatoms. The van der Waals surface area contributed by atoms with E-state index in [1.165, 1.54) is 38.5 Å². The fourth-order valence-electron chi connectivity index (χ4n) is 6.41. The van der Waals surface area contributed by atoms with Crippen molar-refractivity contribution in [3.63, 3.8) is 0 Å². The van der Waals surface area contributed by atoms with Crippen LogP contribution in [0.5, 0.6) is 0 Å². The van der Waals surface area contributed by atoms with Crippen molar-refractivity contribution >= 4 is 17.4 Å². The van der Waals surface area contributed by atoms with Gasteiger partial charge in [0.2, 0.25) is 0 Å². The Balaban J connectivity index is 1.62. The second kappa shape index (κ2) is 9.76. The SMILES string of the molecule is C\C=C/C=C\C(=C\N)CC/N=C(\N=C(/N)c1ccccc1N)C12CC3CC(CC(C3)C1)C2. The van der Waals surface area contributed by atoms with Crippen molar-refractivity contribution in [1.29, 1.82) is 0 Å². The minimum Gasteiger partial charge on any atom is -0.404 e. The molecule has 4 aliphatic carbocycles. The van der Waals surface area contributed by atoms with Crippen LogP contribution in [-0.2, 0) is 0 Å². The number of allylic oxidation sites excluding steroid dienone is 4. The van der Waals surface area contributed by atoms with E-state index >= 15 is 0 Å². The fraction of sp³-hybridized carbons (Fsp3) is 0.481. The zero-order valence-corrected chi connectivity index (χ0v) is 19.2. The molecule has 0 unspecified atom stereocenters. The molecule has 1 aromatic rings. The van der Waals surface area contributed by atoms with E-state index in [1.54, 1.807) is 6.20 Å². The van der Waals surface area contributed by atoms with Crippen LogP contribution in [0.15, 0.2) is 70.3 Å². The maximum absolute atomic E-state index is 6.49. The molecule has 4 saturated carbocycles. The Morgan fingerprint density at radius 2 is 1.72 bits per heavy atom. The van der Waals surface area contributed by atoms with Gasteiger partial charge in [0.05, 0.1) is 0 Å². The van der Waals surface area contributed by atoms with Gasteiger partial charge in [0.1, 0.15) is 11.7 Å². The van der Waals surface area contributed by atoms with Gasteiger partial charge in [0, 0.05) is 23.2 Å². The standard InChI is InChI=1S/C27H37N5/c1-2-3-4-7-19(18-28)10-11-31-26(32-25(30)23-8-5-6-9-24(23)29)27-15-20-12-21(16-27)14-22(13-20)17-27/h2-9,18,20-22H,10-17,28-29H2,1H3,(H2,30,31,32)/b3-2-,7-4-,19-18-. The van der Waals surface area contributed by atoms with Crippen LogP contribution in [0.3, 0.4) is 0 Å². The van der Waals surface area contributed by atoms with Crippen LogP contribution in [0, 0.1) is 23.2 Å². The molecule has 4 aliphatic rings. The molecule has 0 amide bonds. The minimum atomic E-state index is 0.0658. The summed E-state index contributed by atoms with van der Waals surface area (Å²) in [7, 11) is 0. The van der Waals surface area contributed by atoms with Gasteiger partial charge in [0.25, 0.3) is 0 Å².